The van der Waals surface area contributed by atoms with Crippen LogP contribution in [0.5, 0.6) is 23.0 Å². The van der Waals surface area contributed by atoms with Crippen LogP contribution in [-0.4, -0.2) is 45.1 Å². The zero-order valence-electron chi connectivity index (χ0n) is 22.7. The summed E-state index contributed by atoms with van der Waals surface area (Å²) >= 11 is 0. The number of ether oxygens (including phenoxy) is 4. The van der Waals surface area contributed by atoms with E-state index in [9.17, 15) is 9.59 Å². The Labute approximate surface area is 214 Å². The Morgan fingerprint density at radius 1 is 0.806 bits per heavy atom. The average Bonchev–Trinajstić information content (AvgIpc) is 2.88. The number of hydrogen-bond acceptors (Lipinski definition) is 7. The van der Waals surface area contributed by atoms with Gasteiger partial charge >= 0.3 is 0 Å². The smallest absolute Gasteiger partial charge is 0.236 e. The highest BCUT2D eigenvalue weighted by Gasteiger charge is 2.50. The Morgan fingerprint density at radius 3 is 1.47 bits per heavy atom. The van der Waals surface area contributed by atoms with Gasteiger partial charge in [0.15, 0.2) is 0 Å². The number of carbonyl (C=O) groups excluding carboxylic acids is 2. The summed E-state index contributed by atoms with van der Waals surface area (Å²) in [6.45, 7) is 7.98. The van der Waals surface area contributed by atoms with Crippen molar-refractivity contribution in [3.63, 3.8) is 0 Å². The van der Waals surface area contributed by atoms with E-state index in [2.05, 4.69) is 20.8 Å². The number of unbranched alkanes of at least 4 members (excludes halogenated alkanes) is 1. The lowest BCUT2D eigenvalue weighted by molar-refractivity contribution is 0.102. The fraction of sp³-hybridized carbons (Fsp3) is 0.500. The highest BCUT2D eigenvalue weighted by Crippen LogP contribution is 2.62. The van der Waals surface area contributed by atoms with Gasteiger partial charge < -0.3 is 23.5 Å². The number of rotatable bonds is 14. The normalized spacial score (nSPS) is 12.6. The molecule has 0 bridgehead atoms. The van der Waals surface area contributed by atoms with Crippen LogP contribution in [0.4, 0.5) is 0 Å². The van der Waals surface area contributed by atoms with Gasteiger partial charge in [-0.3, -0.25) is 9.59 Å². The molecule has 1 unspecified atom stereocenters. The van der Waals surface area contributed by atoms with Crippen LogP contribution in [0.2, 0.25) is 0 Å². The molecular weight excluding hydrogens is 479 g/mol. The highest BCUT2D eigenvalue weighted by molar-refractivity contribution is 7.96. The maximum absolute atomic E-state index is 15.0. The molecule has 8 heteroatoms. The quantitative estimate of drug-likeness (QED) is 0.247. The summed E-state index contributed by atoms with van der Waals surface area (Å²) in [5.74, 6) is 0.766. The van der Waals surface area contributed by atoms with Gasteiger partial charge in [0.1, 0.15) is 34.1 Å². The van der Waals surface area contributed by atoms with Crippen molar-refractivity contribution >= 4 is 18.2 Å². The van der Waals surface area contributed by atoms with Gasteiger partial charge in [0.05, 0.1) is 28.4 Å². The van der Waals surface area contributed by atoms with Crippen LogP contribution in [0.1, 0.15) is 74.1 Å². The second-order valence-corrected chi connectivity index (χ2v) is 12.7. The zero-order valence-corrected chi connectivity index (χ0v) is 23.6. The molecule has 36 heavy (non-hydrogen) atoms. The van der Waals surface area contributed by atoms with E-state index in [0.29, 0.717) is 6.42 Å². The maximum Gasteiger partial charge on any atom is 0.236 e. The summed E-state index contributed by atoms with van der Waals surface area (Å²) in [6, 6.07) is 9.69. The molecule has 0 fully saturated rings. The zero-order chi connectivity index (χ0) is 27.1. The third-order valence-electron chi connectivity index (χ3n) is 6.56. The van der Waals surface area contributed by atoms with Gasteiger partial charge in [-0.05, 0) is 42.5 Å². The summed E-state index contributed by atoms with van der Waals surface area (Å²) < 4.78 is 36.7. The van der Waals surface area contributed by atoms with Crippen LogP contribution in [-0.2, 0) is 4.57 Å². The Bertz CT molecular complexity index is 1010. The van der Waals surface area contributed by atoms with Gasteiger partial charge in [-0.2, -0.15) is 0 Å². The van der Waals surface area contributed by atoms with E-state index in [1.807, 2.05) is 0 Å². The van der Waals surface area contributed by atoms with Crippen LogP contribution in [0.3, 0.4) is 0 Å². The molecule has 198 valence electrons. The van der Waals surface area contributed by atoms with Crippen molar-refractivity contribution in [2.75, 3.05) is 28.4 Å². The third kappa shape index (κ3) is 5.95. The molecule has 0 aliphatic heterocycles. The van der Waals surface area contributed by atoms with Gasteiger partial charge in [0.25, 0.3) is 0 Å². The molecule has 0 aliphatic carbocycles. The van der Waals surface area contributed by atoms with Crippen LogP contribution >= 0.6 is 7.14 Å². The van der Waals surface area contributed by atoms with Gasteiger partial charge in [-0.1, -0.05) is 52.7 Å². The van der Waals surface area contributed by atoms with Crippen LogP contribution in [0.25, 0.3) is 0 Å². The topological polar surface area (TPSA) is 88.1 Å². The van der Waals surface area contributed by atoms with Crippen LogP contribution < -0.4 is 18.9 Å². The molecule has 0 aliphatic rings. The Morgan fingerprint density at radius 2 is 1.17 bits per heavy atom. The van der Waals surface area contributed by atoms with E-state index in [1.165, 1.54) is 28.4 Å². The second-order valence-electron chi connectivity index (χ2n) is 9.66. The van der Waals surface area contributed by atoms with Crippen molar-refractivity contribution in [3.05, 3.63) is 47.5 Å². The number of methoxy groups -OCH3 is 4. The highest BCUT2D eigenvalue weighted by atomic mass is 31.2. The first-order valence-corrected chi connectivity index (χ1v) is 13.9. The standard InChI is InChI=1S/C28H39O7P/c1-9-10-17-28(3,4)18-19(2)36(31,26(29)24-20(32-5)13-11-14-21(24)33-6)27(30)25-22(34-7)15-12-16-23(25)35-8/h11-16,19H,9-10,17-18H2,1-8H3. The van der Waals surface area contributed by atoms with Crippen LogP contribution in [0.15, 0.2) is 36.4 Å². The lowest BCUT2D eigenvalue weighted by atomic mass is 9.83. The average molecular weight is 519 g/mol. The van der Waals surface area contributed by atoms with Crippen molar-refractivity contribution in [3.8, 4) is 23.0 Å². The monoisotopic (exact) mass is 518 g/mol. The summed E-state index contributed by atoms with van der Waals surface area (Å²) in [7, 11) is 1.34. The predicted octanol–water partition coefficient (Wildman–Crippen LogP) is 7.06. The molecule has 0 amide bonds. The van der Waals surface area contributed by atoms with Crippen molar-refractivity contribution in [2.24, 2.45) is 5.41 Å². The fourth-order valence-electron chi connectivity index (χ4n) is 4.63. The van der Waals surface area contributed by atoms with Gasteiger partial charge in [-0.25, -0.2) is 0 Å². The third-order valence-corrected chi connectivity index (χ3v) is 9.64. The molecule has 1 atom stereocenters. The second kappa shape index (κ2) is 12.4. The minimum Gasteiger partial charge on any atom is -0.496 e. The van der Waals surface area contributed by atoms with E-state index < -0.39 is 23.8 Å². The Hall–Kier alpha value is -2.79. The molecule has 2 rings (SSSR count). The molecule has 0 aromatic heterocycles. The molecular formula is C28H39O7P. The number of hydrogen-bond donors (Lipinski definition) is 0. The summed E-state index contributed by atoms with van der Waals surface area (Å²) in [6.07, 6.45) is 3.31. The molecule has 2 aromatic carbocycles. The lowest BCUT2D eigenvalue weighted by Gasteiger charge is -2.32. The maximum atomic E-state index is 15.0. The summed E-state index contributed by atoms with van der Waals surface area (Å²) in [5, 5.41) is 0. The minimum atomic E-state index is -4.32. The summed E-state index contributed by atoms with van der Waals surface area (Å²) in [4.78, 5) is 28.5. The molecule has 0 radical (unpaired) electrons. The SMILES string of the molecule is CCCCC(C)(C)CC(C)P(=O)(C(=O)c1c(OC)cccc1OC)C(=O)c1c(OC)cccc1OC. The Balaban J connectivity index is 2.80. The van der Waals surface area contributed by atoms with Gasteiger partial charge in [0, 0.05) is 5.66 Å². The van der Waals surface area contributed by atoms with E-state index >= 15 is 4.57 Å². The van der Waals surface area contributed by atoms with Gasteiger partial charge in [-0.15, -0.1) is 0 Å². The van der Waals surface area contributed by atoms with Crippen molar-refractivity contribution in [2.45, 2.75) is 59.0 Å². The number of carbonyl (C=O) groups is 2. The first kappa shape index (κ1) is 29.4. The predicted molar refractivity (Wildman–Crippen MR) is 143 cm³/mol. The van der Waals surface area contributed by atoms with E-state index in [1.54, 1.807) is 43.3 Å². The van der Waals surface area contributed by atoms with Gasteiger partial charge in [0.2, 0.25) is 18.2 Å². The molecule has 0 saturated carbocycles. The molecule has 0 spiro atoms. The van der Waals surface area contributed by atoms with Crippen molar-refractivity contribution in [1.82, 2.24) is 0 Å². The first-order valence-electron chi connectivity index (χ1n) is 12.1. The number of benzene rings is 2. The van der Waals surface area contributed by atoms with E-state index in [4.69, 9.17) is 18.9 Å². The van der Waals surface area contributed by atoms with E-state index in [-0.39, 0.29) is 39.5 Å². The first-order chi connectivity index (χ1) is 17.0. The molecule has 0 N–H and O–H groups in total. The lowest BCUT2D eigenvalue weighted by Crippen LogP contribution is -2.26. The molecule has 0 heterocycles. The molecule has 0 saturated heterocycles. The summed E-state index contributed by atoms with van der Waals surface area (Å²) in [5.41, 5.74) is -2.60. The Kier molecular flexibility index (Phi) is 10.2. The van der Waals surface area contributed by atoms with Crippen molar-refractivity contribution < 1.29 is 33.1 Å². The van der Waals surface area contributed by atoms with Crippen LogP contribution in [0, 0.1) is 5.41 Å². The largest absolute Gasteiger partial charge is 0.496 e. The van der Waals surface area contributed by atoms with E-state index in [0.717, 1.165) is 19.3 Å². The molecule has 7 nitrogen and oxygen atoms in total. The molecule has 2 aromatic rings. The van der Waals surface area contributed by atoms with Crippen molar-refractivity contribution in [1.29, 1.82) is 0 Å². The fourth-order valence-corrected chi connectivity index (χ4v) is 7.48. The minimum absolute atomic E-state index is 0.00809.